The van der Waals surface area contributed by atoms with Gasteiger partial charge in [-0.25, -0.2) is 0 Å². The van der Waals surface area contributed by atoms with Crippen LogP contribution in [0, 0.1) is 0 Å². The molecule has 0 bridgehead atoms. The number of Topliss-reactive ketones (excluding diaryl/α,β-unsaturated/α-hetero) is 1. The highest BCUT2D eigenvalue weighted by Crippen LogP contribution is 2.44. The summed E-state index contributed by atoms with van der Waals surface area (Å²) >= 11 is 2.74. The van der Waals surface area contributed by atoms with Crippen LogP contribution in [-0.4, -0.2) is 40.2 Å². The van der Waals surface area contributed by atoms with Crippen molar-refractivity contribution >= 4 is 45.7 Å². The second-order valence-corrected chi connectivity index (χ2v) is 11.7. The molecule has 0 spiro atoms. The number of carbonyl (C=O) groups is 2. The van der Waals surface area contributed by atoms with Crippen molar-refractivity contribution < 1.29 is 24.2 Å². The van der Waals surface area contributed by atoms with Gasteiger partial charge in [0, 0.05) is 11.3 Å². The van der Waals surface area contributed by atoms with E-state index in [2.05, 4.69) is 17.1 Å². The molecule has 10 heteroatoms. The van der Waals surface area contributed by atoms with Gasteiger partial charge in [-0.3, -0.25) is 14.5 Å². The molecule has 1 aromatic heterocycles. The minimum atomic E-state index is -0.925. The first-order chi connectivity index (χ1) is 20.5. The van der Waals surface area contributed by atoms with Gasteiger partial charge in [-0.2, -0.15) is 0 Å². The fraction of sp³-hybridized carbons (Fsp3) is 0.250. The molecule has 8 nitrogen and oxygen atoms in total. The predicted octanol–water partition coefficient (Wildman–Crippen LogP) is 7.03. The van der Waals surface area contributed by atoms with Crippen LogP contribution in [0.15, 0.2) is 88.8 Å². The molecule has 42 heavy (non-hydrogen) atoms. The number of benzene rings is 3. The van der Waals surface area contributed by atoms with Gasteiger partial charge >= 0.3 is 5.91 Å². The van der Waals surface area contributed by atoms with Gasteiger partial charge in [0.2, 0.25) is 5.13 Å². The van der Waals surface area contributed by atoms with Crippen LogP contribution in [0.3, 0.4) is 0 Å². The van der Waals surface area contributed by atoms with Gasteiger partial charge in [0.15, 0.2) is 4.34 Å². The summed E-state index contributed by atoms with van der Waals surface area (Å²) in [7, 11) is 0. The van der Waals surface area contributed by atoms with Crippen molar-refractivity contribution in [1.29, 1.82) is 0 Å². The first-order valence-electron chi connectivity index (χ1n) is 13.8. The Hall–Kier alpha value is -4.15. The van der Waals surface area contributed by atoms with Crippen LogP contribution in [0.4, 0.5) is 5.13 Å². The van der Waals surface area contributed by atoms with Gasteiger partial charge in [-0.15, -0.1) is 10.2 Å². The molecule has 1 aliphatic rings. The van der Waals surface area contributed by atoms with E-state index in [1.807, 2.05) is 55.5 Å². The molecule has 4 aromatic rings. The standard InChI is InChI=1S/C32H31N3O5S2/c1-3-5-18-40-25-13-9-12-23(19-25)27-26(28(36)22-14-16-24(17-15-22)39-4-2)29(37)30(38)35(27)31-33-34-32(42-31)41-20-21-10-7-6-8-11-21/h6-17,19,27,36H,3-5,18,20H2,1-2H3. The Kier molecular flexibility index (Phi) is 9.55. The number of amides is 1. The van der Waals surface area contributed by atoms with E-state index in [0.29, 0.717) is 45.9 Å². The van der Waals surface area contributed by atoms with E-state index in [1.165, 1.54) is 28.0 Å². The lowest BCUT2D eigenvalue weighted by molar-refractivity contribution is -0.132. The first kappa shape index (κ1) is 29.3. The van der Waals surface area contributed by atoms with E-state index in [9.17, 15) is 14.7 Å². The number of unbranched alkanes of at least 4 members (excludes halogenated alkanes) is 1. The zero-order valence-corrected chi connectivity index (χ0v) is 25.0. The summed E-state index contributed by atoms with van der Waals surface area (Å²) < 4.78 is 12.1. The van der Waals surface area contributed by atoms with Crippen LogP contribution in [0.2, 0.25) is 0 Å². The number of hydrogen-bond donors (Lipinski definition) is 1. The summed E-state index contributed by atoms with van der Waals surface area (Å²) in [5.74, 6) is 0.0933. The number of rotatable bonds is 12. The summed E-state index contributed by atoms with van der Waals surface area (Å²) in [6.07, 6.45) is 1.89. The third-order valence-corrected chi connectivity index (χ3v) is 8.76. The number of nitrogens with zero attached hydrogens (tertiary/aromatic N) is 3. The van der Waals surface area contributed by atoms with Crippen molar-refractivity contribution in [3.63, 3.8) is 0 Å². The van der Waals surface area contributed by atoms with E-state index in [4.69, 9.17) is 9.47 Å². The number of carbonyl (C=O) groups excluding carboxylic acids is 2. The maximum Gasteiger partial charge on any atom is 0.301 e. The summed E-state index contributed by atoms with van der Waals surface area (Å²) in [6, 6.07) is 23.1. The minimum Gasteiger partial charge on any atom is -0.507 e. The van der Waals surface area contributed by atoms with Crippen LogP contribution in [0.5, 0.6) is 11.5 Å². The van der Waals surface area contributed by atoms with Gasteiger partial charge in [0.05, 0.1) is 24.8 Å². The van der Waals surface area contributed by atoms with Crippen molar-refractivity contribution in [2.24, 2.45) is 0 Å². The molecule has 1 aliphatic heterocycles. The van der Waals surface area contributed by atoms with E-state index in [0.717, 1.165) is 18.4 Å². The quantitative estimate of drug-likeness (QED) is 0.0461. The molecule has 1 amide bonds. The van der Waals surface area contributed by atoms with Crippen LogP contribution in [-0.2, 0) is 15.3 Å². The number of ketones is 1. The van der Waals surface area contributed by atoms with Gasteiger partial charge in [0.1, 0.15) is 17.3 Å². The monoisotopic (exact) mass is 601 g/mol. The van der Waals surface area contributed by atoms with Gasteiger partial charge in [-0.1, -0.05) is 78.9 Å². The zero-order valence-electron chi connectivity index (χ0n) is 23.4. The number of ether oxygens (including phenoxy) is 2. The SMILES string of the molecule is CCCCOc1cccc(C2C(=C(O)c3ccc(OCC)cc3)C(=O)C(=O)N2c2nnc(SCc3ccccc3)s2)c1. The first-order valence-corrected chi connectivity index (χ1v) is 15.6. The molecule has 0 radical (unpaired) electrons. The third kappa shape index (κ3) is 6.50. The number of aliphatic hydroxyl groups is 1. The molecule has 216 valence electrons. The molecule has 0 aliphatic carbocycles. The summed E-state index contributed by atoms with van der Waals surface area (Å²) in [5.41, 5.74) is 2.12. The topological polar surface area (TPSA) is 102 Å². The lowest BCUT2D eigenvalue weighted by Gasteiger charge is -2.23. The molecule has 1 N–H and O–H groups in total. The Morgan fingerprint density at radius 2 is 1.74 bits per heavy atom. The molecule has 1 unspecified atom stereocenters. The Morgan fingerprint density at radius 3 is 2.48 bits per heavy atom. The maximum absolute atomic E-state index is 13.6. The molecule has 0 saturated carbocycles. The van der Waals surface area contributed by atoms with Crippen molar-refractivity contribution in [2.75, 3.05) is 18.1 Å². The molecule has 2 heterocycles. The van der Waals surface area contributed by atoms with E-state index >= 15 is 0 Å². The molecule has 3 aromatic carbocycles. The normalized spacial score (nSPS) is 16.1. The third-order valence-electron chi connectivity index (χ3n) is 6.63. The number of aromatic nitrogens is 2. The zero-order chi connectivity index (χ0) is 29.5. The fourth-order valence-corrected chi connectivity index (χ4v) is 6.39. The fourth-order valence-electron chi connectivity index (χ4n) is 4.56. The van der Waals surface area contributed by atoms with Crippen molar-refractivity contribution in [3.8, 4) is 11.5 Å². The number of aliphatic hydroxyl groups excluding tert-OH is 1. The van der Waals surface area contributed by atoms with E-state index < -0.39 is 17.7 Å². The molecule has 1 fully saturated rings. The van der Waals surface area contributed by atoms with Crippen molar-refractivity contribution in [1.82, 2.24) is 10.2 Å². The second-order valence-electron chi connectivity index (χ2n) is 9.53. The smallest absolute Gasteiger partial charge is 0.301 e. The van der Waals surface area contributed by atoms with Crippen LogP contribution in [0.25, 0.3) is 5.76 Å². The maximum atomic E-state index is 13.6. The highest BCUT2D eigenvalue weighted by atomic mass is 32.2. The summed E-state index contributed by atoms with van der Waals surface area (Å²) in [5, 5.41) is 20.3. The van der Waals surface area contributed by atoms with Crippen LogP contribution >= 0.6 is 23.1 Å². The molecule has 5 rings (SSSR count). The van der Waals surface area contributed by atoms with Crippen LogP contribution in [0.1, 0.15) is 49.4 Å². The van der Waals surface area contributed by atoms with Crippen molar-refractivity contribution in [2.45, 2.75) is 42.8 Å². The Morgan fingerprint density at radius 1 is 0.952 bits per heavy atom. The van der Waals surface area contributed by atoms with Crippen LogP contribution < -0.4 is 14.4 Å². The highest BCUT2D eigenvalue weighted by molar-refractivity contribution is 8.00. The number of anilines is 1. The molecular weight excluding hydrogens is 571 g/mol. The summed E-state index contributed by atoms with van der Waals surface area (Å²) in [6.45, 7) is 5.02. The average Bonchev–Trinajstić information content (AvgIpc) is 3.59. The predicted molar refractivity (Wildman–Crippen MR) is 165 cm³/mol. The van der Waals surface area contributed by atoms with E-state index in [1.54, 1.807) is 30.3 Å². The van der Waals surface area contributed by atoms with Crippen molar-refractivity contribution in [3.05, 3.63) is 101 Å². The van der Waals surface area contributed by atoms with E-state index in [-0.39, 0.29) is 16.5 Å². The second kappa shape index (κ2) is 13.7. The lowest BCUT2D eigenvalue weighted by atomic mass is 9.95. The molecular formula is C32H31N3O5S2. The summed E-state index contributed by atoms with van der Waals surface area (Å²) in [4.78, 5) is 28.5. The minimum absolute atomic E-state index is 0.0245. The number of thioether (sulfide) groups is 1. The lowest BCUT2D eigenvalue weighted by Crippen LogP contribution is -2.29. The average molecular weight is 602 g/mol. The largest absolute Gasteiger partial charge is 0.507 e. The Labute approximate surface area is 253 Å². The van der Waals surface area contributed by atoms with Gasteiger partial charge in [0.25, 0.3) is 5.78 Å². The Bertz CT molecular complexity index is 1570. The van der Waals surface area contributed by atoms with Gasteiger partial charge < -0.3 is 14.6 Å². The molecule has 1 saturated heterocycles. The Balaban J connectivity index is 1.53. The highest BCUT2D eigenvalue weighted by Gasteiger charge is 2.48. The number of hydrogen-bond acceptors (Lipinski definition) is 9. The molecule has 1 atom stereocenters. The van der Waals surface area contributed by atoms with Gasteiger partial charge in [-0.05, 0) is 60.9 Å².